The summed E-state index contributed by atoms with van der Waals surface area (Å²) in [6.07, 6.45) is 6.02. The zero-order valence-electron chi connectivity index (χ0n) is 26.3. The molecule has 4 amide bonds. The first kappa shape index (κ1) is 31.3. The normalized spacial score (nSPS) is 15.3. The van der Waals surface area contributed by atoms with Crippen LogP contribution in [0.5, 0.6) is 5.75 Å². The first-order valence-electron chi connectivity index (χ1n) is 16.2. The quantitative estimate of drug-likeness (QED) is 0.263. The fourth-order valence-electron chi connectivity index (χ4n) is 6.22. The molecule has 0 unspecified atom stereocenters. The summed E-state index contributed by atoms with van der Waals surface area (Å²) in [5.41, 5.74) is 12.2. The third kappa shape index (κ3) is 7.07. The van der Waals surface area contributed by atoms with Crippen LogP contribution in [0.25, 0.3) is 0 Å². The maximum Gasteiger partial charge on any atom is 0.262 e. The van der Waals surface area contributed by atoms with E-state index < -0.39 is 0 Å². The number of benzene rings is 3. The van der Waals surface area contributed by atoms with Crippen molar-refractivity contribution in [3.63, 3.8) is 0 Å². The van der Waals surface area contributed by atoms with E-state index in [0.29, 0.717) is 55.2 Å². The Bertz CT molecular complexity index is 1650. The number of unbranched alkanes of at least 4 members (excludes halogenated alkanes) is 2. The molecule has 3 aliphatic rings. The van der Waals surface area contributed by atoms with Gasteiger partial charge in [0.15, 0.2) is 6.61 Å². The number of carbonyl (C=O) groups is 4. The predicted molar refractivity (Wildman–Crippen MR) is 176 cm³/mol. The molecule has 10 nitrogen and oxygen atoms in total. The first-order valence-corrected chi connectivity index (χ1v) is 16.2. The lowest BCUT2D eigenvalue weighted by atomic mass is 9.93. The number of rotatable bonds is 11. The van der Waals surface area contributed by atoms with Gasteiger partial charge < -0.3 is 30.9 Å². The summed E-state index contributed by atoms with van der Waals surface area (Å²) < 4.78 is 5.51. The predicted octanol–water partition coefficient (Wildman–Crippen LogP) is 4.79. The summed E-state index contributed by atoms with van der Waals surface area (Å²) in [5, 5.41) is 5.83. The summed E-state index contributed by atoms with van der Waals surface area (Å²) >= 11 is 0. The van der Waals surface area contributed by atoms with Crippen LogP contribution in [0, 0.1) is 6.92 Å². The number of hydrogen-bond acceptors (Lipinski definition) is 6. The van der Waals surface area contributed by atoms with Crippen LogP contribution in [0.2, 0.25) is 0 Å². The molecule has 10 heteroatoms. The van der Waals surface area contributed by atoms with E-state index in [9.17, 15) is 19.2 Å². The zero-order chi connectivity index (χ0) is 32.2. The summed E-state index contributed by atoms with van der Waals surface area (Å²) in [4.78, 5) is 54.8. The van der Waals surface area contributed by atoms with Crippen LogP contribution in [-0.4, -0.2) is 59.2 Å². The second-order valence-corrected chi connectivity index (χ2v) is 12.4. The van der Waals surface area contributed by atoms with E-state index in [0.717, 1.165) is 60.9 Å². The standard InChI is InChI=1S/C36H41N5O5/c1-23-29-16-18-40(34(43)5-3-2-4-17-37)21-27(29)11-14-30(23)39-35(44)25-8-6-24(7-9-25)20-41(28-12-13-28)36(45)26-10-15-31-32(19-26)46-22-33(42)38-31/h6-11,14-15,19,28H,2-5,12-13,16-18,20-22,37H2,1H3,(H,38,42)(H,39,44). The van der Waals surface area contributed by atoms with Crippen molar-refractivity contribution in [1.29, 1.82) is 0 Å². The number of nitrogens with zero attached hydrogens (tertiary/aromatic N) is 2. The number of carbonyl (C=O) groups excluding carboxylic acids is 4. The lowest BCUT2D eigenvalue weighted by Crippen LogP contribution is -2.36. The Labute approximate surface area is 269 Å². The molecule has 0 aromatic heterocycles. The van der Waals surface area contributed by atoms with Crippen molar-refractivity contribution in [2.45, 2.75) is 71.0 Å². The molecule has 6 rings (SSSR count). The molecule has 0 atom stereocenters. The fraction of sp³-hybridized carbons (Fsp3) is 0.389. The van der Waals surface area contributed by atoms with Gasteiger partial charge in [0.25, 0.3) is 17.7 Å². The van der Waals surface area contributed by atoms with Crippen molar-refractivity contribution < 1.29 is 23.9 Å². The maximum absolute atomic E-state index is 13.5. The van der Waals surface area contributed by atoms with Crippen molar-refractivity contribution in [2.75, 3.05) is 30.3 Å². The molecular formula is C36H41N5O5. The Morgan fingerprint density at radius 2 is 1.80 bits per heavy atom. The smallest absolute Gasteiger partial charge is 0.262 e. The van der Waals surface area contributed by atoms with Crippen molar-refractivity contribution in [1.82, 2.24) is 9.80 Å². The van der Waals surface area contributed by atoms with Crippen LogP contribution in [0.15, 0.2) is 54.6 Å². The zero-order valence-corrected chi connectivity index (χ0v) is 26.3. The minimum atomic E-state index is -0.216. The molecule has 0 spiro atoms. The van der Waals surface area contributed by atoms with Crippen molar-refractivity contribution in [3.8, 4) is 5.75 Å². The molecule has 4 N–H and O–H groups in total. The van der Waals surface area contributed by atoms with Crippen LogP contribution < -0.4 is 21.1 Å². The van der Waals surface area contributed by atoms with Crippen molar-refractivity contribution in [3.05, 3.63) is 88.0 Å². The molecule has 0 saturated heterocycles. The highest BCUT2D eigenvalue weighted by Crippen LogP contribution is 2.33. The summed E-state index contributed by atoms with van der Waals surface area (Å²) in [5.74, 6) is 0.177. The van der Waals surface area contributed by atoms with Gasteiger partial charge in [-0.05, 0) is 104 Å². The van der Waals surface area contributed by atoms with Gasteiger partial charge in [-0.3, -0.25) is 19.2 Å². The molecule has 3 aromatic rings. The Hall–Kier alpha value is -4.70. The summed E-state index contributed by atoms with van der Waals surface area (Å²) in [7, 11) is 0. The highest BCUT2D eigenvalue weighted by Gasteiger charge is 2.34. The molecule has 46 heavy (non-hydrogen) atoms. The molecule has 3 aromatic carbocycles. The number of nitrogens with one attached hydrogen (secondary N) is 2. The fourth-order valence-corrected chi connectivity index (χ4v) is 6.22. The van der Waals surface area contributed by atoms with Gasteiger partial charge in [-0.15, -0.1) is 0 Å². The first-order chi connectivity index (χ1) is 22.3. The van der Waals surface area contributed by atoms with Gasteiger partial charge in [0.1, 0.15) is 5.75 Å². The minimum absolute atomic E-state index is 0.0691. The Morgan fingerprint density at radius 3 is 2.57 bits per heavy atom. The second kappa shape index (κ2) is 13.7. The van der Waals surface area contributed by atoms with Gasteiger partial charge in [-0.2, -0.15) is 0 Å². The lowest BCUT2D eigenvalue weighted by Gasteiger charge is -2.30. The highest BCUT2D eigenvalue weighted by molar-refractivity contribution is 6.05. The number of nitrogens with two attached hydrogens (primary N) is 1. The largest absolute Gasteiger partial charge is 0.482 e. The van der Waals surface area contributed by atoms with Crippen LogP contribution in [0.1, 0.15) is 81.5 Å². The van der Waals surface area contributed by atoms with Gasteiger partial charge in [0.2, 0.25) is 5.91 Å². The summed E-state index contributed by atoms with van der Waals surface area (Å²) in [6, 6.07) is 16.6. The molecule has 0 radical (unpaired) electrons. The number of fused-ring (bicyclic) bond motifs is 2. The molecule has 240 valence electrons. The summed E-state index contributed by atoms with van der Waals surface area (Å²) in [6.45, 7) is 4.32. The van der Waals surface area contributed by atoms with Gasteiger partial charge >= 0.3 is 0 Å². The van der Waals surface area contributed by atoms with Crippen LogP contribution >= 0.6 is 0 Å². The topological polar surface area (TPSA) is 134 Å². The van der Waals surface area contributed by atoms with Gasteiger partial charge in [0, 0.05) is 48.9 Å². The number of anilines is 2. The molecular weight excluding hydrogens is 582 g/mol. The van der Waals surface area contributed by atoms with Gasteiger partial charge in [-0.1, -0.05) is 24.6 Å². The maximum atomic E-state index is 13.5. The van der Waals surface area contributed by atoms with Crippen LogP contribution in [-0.2, 0) is 29.1 Å². The van der Waals surface area contributed by atoms with E-state index in [2.05, 4.69) is 10.6 Å². The Morgan fingerprint density at radius 1 is 1.02 bits per heavy atom. The lowest BCUT2D eigenvalue weighted by molar-refractivity contribution is -0.132. The van der Waals surface area contributed by atoms with Gasteiger partial charge in [-0.25, -0.2) is 0 Å². The number of amides is 4. The molecule has 1 aliphatic carbocycles. The molecule has 1 fully saturated rings. The van der Waals surface area contributed by atoms with Crippen molar-refractivity contribution >= 4 is 35.0 Å². The van der Waals surface area contributed by atoms with Crippen LogP contribution in [0.3, 0.4) is 0 Å². The van der Waals surface area contributed by atoms with Gasteiger partial charge in [0.05, 0.1) is 5.69 Å². The van der Waals surface area contributed by atoms with E-state index in [1.54, 1.807) is 30.3 Å². The SMILES string of the molecule is Cc1c(NC(=O)c2ccc(CN(C(=O)c3ccc4c(c3)OCC(=O)N4)C3CC3)cc2)ccc2c1CCN(C(=O)CCCCCN)C2. The van der Waals surface area contributed by atoms with E-state index in [1.807, 2.05) is 41.0 Å². The average Bonchev–Trinajstić information content (AvgIpc) is 3.92. The minimum Gasteiger partial charge on any atom is -0.482 e. The monoisotopic (exact) mass is 623 g/mol. The molecule has 0 bridgehead atoms. The van der Waals surface area contributed by atoms with E-state index in [-0.39, 0.29) is 36.3 Å². The van der Waals surface area contributed by atoms with Crippen molar-refractivity contribution in [2.24, 2.45) is 5.73 Å². The van der Waals surface area contributed by atoms with E-state index >= 15 is 0 Å². The Kier molecular flexibility index (Phi) is 9.35. The number of ether oxygens (including phenoxy) is 1. The van der Waals surface area contributed by atoms with Crippen LogP contribution in [0.4, 0.5) is 11.4 Å². The third-order valence-corrected chi connectivity index (χ3v) is 9.06. The average molecular weight is 624 g/mol. The highest BCUT2D eigenvalue weighted by atomic mass is 16.5. The van der Waals surface area contributed by atoms with E-state index in [4.69, 9.17) is 10.5 Å². The van der Waals surface area contributed by atoms with E-state index in [1.165, 1.54) is 5.56 Å². The molecule has 2 heterocycles. The number of hydrogen-bond donors (Lipinski definition) is 3. The Balaban J connectivity index is 1.07. The molecule has 2 aliphatic heterocycles. The third-order valence-electron chi connectivity index (χ3n) is 9.06. The molecule has 1 saturated carbocycles. The second-order valence-electron chi connectivity index (χ2n) is 12.4.